The summed E-state index contributed by atoms with van der Waals surface area (Å²) in [5.41, 5.74) is 1.63. The van der Waals surface area contributed by atoms with Crippen LogP contribution >= 0.6 is 0 Å². The number of oxazole rings is 1. The van der Waals surface area contributed by atoms with Gasteiger partial charge in [0, 0.05) is 24.9 Å². The number of hydrogen-bond acceptors (Lipinski definition) is 7. The molecule has 0 fully saturated rings. The summed E-state index contributed by atoms with van der Waals surface area (Å²) in [5, 5.41) is 13.1. The third-order valence-electron chi connectivity index (χ3n) is 4.03. The molecule has 4 rings (SSSR count). The maximum absolute atomic E-state index is 12.8. The minimum atomic E-state index is -4.01. The lowest BCUT2D eigenvalue weighted by molar-refractivity contribution is 0.527. The van der Waals surface area contributed by atoms with Crippen LogP contribution in [0.1, 0.15) is 11.3 Å². The van der Waals surface area contributed by atoms with Crippen molar-refractivity contribution in [2.24, 2.45) is 7.05 Å². The second-order valence-corrected chi connectivity index (χ2v) is 7.53. The zero-order valence-electron chi connectivity index (χ0n) is 14.2. The van der Waals surface area contributed by atoms with E-state index in [0.29, 0.717) is 11.2 Å². The van der Waals surface area contributed by atoms with Crippen LogP contribution in [0.4, 0.5) is 5.82 Å². The minimum Gasteiger partial charge on any atom is -0.408 e. The first kappa shape index (κ1) is 16.8. The molecule has 0 saturated heterocycles. The first-order chi connectivity index (χ1) is 12.8. The summed E-state index contributed by atoms with van der Waals surface area (Å²) in [5.74, 6) is -0.451. The largest absolute Gasteiger partial charge is 0.419 e. The van der Waals surface area contributed by atoms with Crippen LogP contribution in [0, 0.1) is 18.3 Å². The monoisotopic (exact) mass is 384 g/mol. The third kappa shape index (κ3) is 2.63. The molecule has 0 radical (unpaired) electrons. The van der Waals surface area contributed by atoms with E-state index in [1.54, 1.807) is 6.92 Å². The molecule has 0 aliphatic rings. The van der Waals surface area contributed by atoms with Crippen molar-refractivity contribution >= 4 is 32.6 Å². The van der Waals surface area contributed by atoms with Crippen LogP contribution in [0.15, 0.2) is 44.6 Å². The molecule has 0 atom stereocenters. The number of hydrogen-bond donors (Lipinski definition) is 1. The lowest BCUT2D eigenvalue weighted by atomic mass is 10.3. The SMILES string of the molecule is Cc1cc(NS(=O)(=O)c2ccc3c(c2)oc(=O)n3C)n2ncc(C#N)c2n1. The van der Waals surface area contributed by atoms with Crippen LogP contribution in [0.3, 0.4) is 0 Å². The van der Waals surface area contributed by atoms with Gasteiger partial charge in [-0.2, -0.15) is 14.9 Å². The van der Waals surface area contributed by atoms with Crippen molar-refractivity contribution in [1.82, 2.24) is 19.2 Å². The third-order valence-corrected chi connectivity index (χ3v) is 5.39. The lowest BCUT2D eigenvalue weighted by Gasteiger charge is -2.10. The number of aryl methyl sites for hydroxylation is 2. The summed E-state index contributed by atoms with van der Waals surface area (Å²) in [7, 11) is -2.48. The molecule has 0 saturated carbocycles. The molecular formula is C16H12N6O4S. The van der Waals surface area contributed by atoms with Crippen molar-refractivity contribution in [3.63, 3.8) is 0 Å². The van der Waals surface area contributed by atoms with Gasteiger partial charge in [-0.3, -0.25) is 9.29 Å². The topological polar surface area (TPSA) is 135 Å². The molecule has 10 nitrogen and oxygen atoms in total. The predicted octanol–water partition coefficient (Wildman–Crippen LogP) is 1.16. The van der Waals surface area contributed by atoms with Gasteiger partial charge in [0.2, 0.25) is 0 Å². The van der Waals surface area contributed by atoms with Gasteiger partial charge in [-0.15, -0.1) is 0 Å². The van der Waals surface area contributed by atoms with Crippen molar-refractivity contribution in [3.05, 3.63) is 52.3 Å². The zero-order chi connectivity index (χ0) is 19.3. The fourth-order valence-corrected chi connectivity index (χ4v) is 3.76. The molecule has 0 spiro atoms. The Kier molecular flexibility index (Phi) is 3.53. The average Bonchev–Trinajstić information content (AvgIpc) is 3.15. The van der Waals surface area contributed by atoms with E-state index in [-0.39, 0.29) is 27.5 Å². The van der Waals surface area contributed by atoms with Gasteiger partial charge in [-0.25, -0.2) is 18.2 Å². The molecular weight excluding hydrogens is 372 g/mol. The van der Waals surface area contributed by atoms with Crippen LogP contribution in [-0.2, 0) is 17.1 Å². The fraction of sp³-hybridized carbons (Fsp3) is 0.125. The number of benzene rings is 1. The number of nitrogens with one attached hydrogen (secondary N) is 1. The molecule has 3 heterocycles. The van der Waals surface area contributed by atoms with E-state index < -0.39 is 15.8 Å². The quantitative estimate of drug-likeness (QED) is 0.560. The second kappa shape index (κ2) is 5.68. The predicted molar refractivity (Wildman–Crippen MR) is 94.7 cm³/mol. The van der Waals surface area contributed by atoms with Crippen molar-refractivity contribution in [2.75, 3.05) is 4.72 Å². The number of aromatic nitrogens is 4. The van der Waals surface area contributed by atoms with E-state index in [1.165, 1.54) is 46.6 Å². The number of nitrogens with zero attached hydrogens (tertiary/aromatic N) is 5. The molecule has 0 amide bonds. The summed E-state index contributed by atoms with van der Waals surface area (Å²) in [6, 6.07) is 7.59. The average molecular weight is 384 g/mol. The number of rotatable bonds is 3. The van der Waals surface area contributed by atoms with Gasteiger partial charge < -0.3 is 4.42 Å². The molecule has 11 heteroatoms. The van der Waals surface area contributed by atoms with Crippen molar-refractivity contribution in [2.45, 2.75) is 11.8 Å². The number of fused-ring (bicyclic) bond motifs is 2. The molecule has 136 valence electrons. The first-order valence-corrected chi connectivity index (χ1v) is 9.16. The molecule has 4 aromatic rings. The van der Waals surface area contributed by atoms with E-state index >= 15 is 0 Å². The summed E-state index contributed by atoms with van der Waals surface area (Å²) in [6.45, 7) is 1.68. The van der Waals surface area contributed by atoms with Gasteiger partial charge in [-0.1, -0.05) is 0 Å². The van der Waals surface area contributed by atoms with Crippen molar-refractivity contribution < 1.29 is 12.8 Å². The minimum absolute atomic E-state index is 0.0837. The highest BCUT2D eigenvalue weighted by molar-refractivity contribution is 7.92. The second-order valence-electron chi connectivity index (χ2n) is 5.85. The summed E-state index contributed by atoms with van der Waals surface area (Å²) < 4.78 is 35.6. The Labute approximate surface area is 152 Å². The van der Waals surface area contributed by atoms with Crippen LogP contribution in [0.2, 0.25) is 0 Å². The summed E-state index contributed by atoms with van der Waals surface area (Å²) >= 11 is 0. The van der Waals surface area contributed by atoms with Crippen LogP contribution in [0.5, 0.6) is 0 Å². The lowest BCUT2D eigenvalue weighted by Crippen LogP contribution is -2.16. The van der Waals surface area contributed by atoms with Crippen LogP contribution in [0.25, 0.3) is 16.7 Å². The standard InChI is InChI=1S/C16H12N6O4S/c1-9-5-14(22-15(19-9)10(7-17)8-18-22)20-27(24,25)11-3-4-12-13(6-11)26-16(23)21(12)2/h3-6,8,20H,1-2H3. The Morgan fingerprint density at radius 3 is 2.81 bits per heavy atom. The smallest absolute Gasteiger partial charge is 0.408 e. The molecule has 1 N–H and O–H groups in total. The Morgan fingerprint density at radius 2 is 2.07 bits per heavy atom. The maximum Gasteiger partial charge on any atom is 0.419 e. The highest BCUT2D eigenvalue weighted by Crippen LogP contribution is 2.22. The summed E-state index contributed by atoms with van der Waals surface area (Å²) in [6.07, 6.45) is 1.31. The van der Waals surface area contributed by atoms with Crippen LogP contribution in [-0.4, -0.2) is 27.6 Å². The molecule has 1 aromatic carbocycles. The number of nitriles is 1. The zero-order valence-corrected chi connectivity index (χ0v) is 15.0. The Bertz CT molecular complexity index is 1420. The van der Waals surface area contributed by atoms with Gasteiger partial charge in [-0.05, 0) is 19.1 Å². The van der Waals surface area contributed by atoms with Crippen molar-refractivity contribution in [3.8, 4) is 6.07 Å². The molecule has 0 unspecified atom stereocenters. The van der Waals surface area contributed by atoms with Gasteiger partial charge in [0.25, 0.3) is 10.0 Å². The maximum atomic E-state index is 12.8. The van der Waals surface area contributed by atoms with E-state index in [1.807, 2.05) is 6.07 Å². The van der Waals surface area contributed by atoms with Gasteiger partial charge in [0.05, 0.1) is 16.6 Å². The number of anilines is 1. The molecule has 0 aliphatic carbocycles. The van der Waals surface area contributed by atoms with Gasteiger partial charge >= 0.3 is 5.76 Å². The molecule has 0 bridgehead atoms. The van der Waals surface area contributed by atoms with E-state index in [0.717, 1.165) is 0 Å². The Hall–Kier alpha value is -3.65. The highest BCUT2D eigenvalue weighted by atomic mass is 32.2. The van der Waals surface area contributed by atoms with Gasteiger partial charge in [0.15, 0.2) is 11.2 Å². The van der Waals surface area contributed by atoms with E-state index in [2.05, 4.69) is 14.8 Å². The number of sulfonamides is 1. The van der Waals surface area contributed by atoms with E-state index in [9.17, 15) is 13.2 Å². The fourth-order valence-electron chi connectivity index (χ4n) is 2.71. The first-order valence-electron chi connectivity index (χ1n) is 7.68. The van der Waals surface area contributed by atoms with Crippen LogP contribution < -0.4 is 10.5 Å². The van der Waals surface area contributed by atoms with Gasteiger partial charge in [0.1, 0.15) is 17.5 Å². The summed E-state index contributed by atoms with van der Waals surface area (Å²) in [4.78, 5) is 15.7. The Morgan fingerprint density at radius 1 is 1.30 bits per heavy atom. The molecule has 27 heavy (non-hydrogen) atoms. The Balaban J connectivity index is 1.82. The molecule has 3 aromatic heterocycles. The highest BCUT2D eigenvalue weighted by Gasteiger charge is 2.20. The normalized spacial score (nSPS) is 11.7. The van der Waals surface area contributed by atoms with Crippen molar-refractivity contribution in [1.29, 1.82) is 5.26 Å². The van der Waals surface area contributed by atoms with E-state index in [4.69, 9.17) is 9.68 Å². The molecule has 0 aliphatic heterocycles.